The largest absolute Gasteiger partial charge is 0.444 e. The van der Waals surface area contributed by atoms with Gasteiger partial charge in [-0.1, -0.05) is 0 Å². The Morgan fingerprint density at radius 1 is 1.23 bits per heavy atom. The van der Waals surface area contributed by atoms with Crippen molar-refractivity contribution in [1.29, 1.82) is 0 Å². The third-order valence-corrected chi connectivity index (χ3v) is 4.21. The highest BCUT2D eigenvalue weighted by Gasteiger charge is 2.28. The monoisotopic (exact) mass is 384 g/mol. The van der Waals surface area contributed by atoms with Gasteiger partial charge >= 0.3 is 6.09 Å². The van der Waals surface area contributed by atoms with Crippen LogP contribution in [0.3, 0.4) is 0 Å². The zero-order valence-electron chi connectivity index (χ0n) is 15.4. The van der Waals surface area contributed by atoms with E-state index < -0.39 is 5.60 Å². The molecule has 3 heterocycles. The molecule has 1 N–H and O–H groups in total. The second kappa shape index (κ2) is 7.89. The quantitative estimate of drug-likeness (QED) is 0.814. The van der Waals surface area contributed by atoms with Crippen molar-refractivity contribution in [3.8, 4) is 0 Å². The number of nitrogens with one attached hydrogen (secondary N) is 1. The van der Waals surface area contributed by atoms with Gasteiger partial charge in [0, 0.05) is 39.3 Å². The second-order valence-electron chi connectivity index (χ2n) is 7.28. The summed E-state index contributed by atoms with van der Waals surface area (Å²) in [6, 6.07) is 0. The standard InChI is InChI=1S/C16H25ClN6O3/c1-16(2,3)26-15(24)23-7-5-22(6-8-23)14-20-12(19-13(17)21-14)11-10-18-4-9-25-11/h11,18H,4-10H2,1-3H3. The molecule has 2 aliphatic heterocycles. The van der Waals surface area contributed by atoms with Gasteiger partial charge < -0.3 is 24.6 Å². The first kappa shape index (κ1) is 19.1. The molecule has 26 heavy (non-hydrogen) atoms. The van der Waals surface area contributed by atoms with E-state index in [0.717, 1.165) is 6.54 Å². The Morgan fingerprint density at radius 3 is 2.58 bits per heavy atom. The molecule has 1 aromatic heterocycles. The minimum atomic E-state index is -0.501. The zero-order valence-corrected chi connectivity index (χ0v) is 16.1. The number of carbonyl (C=O) groups is 1. The number of carbonyl (C=O) groups excluding carboxylic acids is 1. The molecule has 10 heteroatoms. The van der Waals surface area contributed by atoms with Gasteiger partial charge in [-0.2, -0.15) is 15.0 Å². The minimum Gasteiger partial charge on any atom is -0.444 e. The molecule has 3 rings (SSSR count). The van der Waals surface area contributed by atoms with Crippen LogP contribution in [0.5, 0.6) is 0 Å². The number of hydrogen-bond acceptors (Lipinski definition) is 8. The van der Waals surface area contributed by atoms with Crippen molar-refractivity contribution in [2.75, 3.05) is 50.8 Å². The fourth-order valence-electron chi connectivity index (χ4n) is 2.79. The van der Waals surface area contributed by atoms with Crippen molar-refractivity contribution in [3.05, 3.63) is 11.1 Å². The lowest BCUT2D eigenvalue weighted by atomic mass is 10.2. The predicted octanol–water partition coefficient (Wildman–Crippen LogP) is 1.24. The van der Waals surface area contributed by atoms with Crippen LogP contribution in [0, 0.1) is 0 Å². The normalized spacial score (nSPS) is 21.6. The van der Waals surface area contributed by atoms with Crippen LogP contribution in [0.15, 0.2) is 0 Å². The summed E-state index contributed by atoms with van der Waals surface area (Å²) in [5.41, 5.74) is -0.501. The molecule has 1 atom stereocenters. The summed E-state index contributed by atoms with van der Waals surface area (Å²) in [6.45, 7) is 9.92. The first-order valence-corrected chi connectivity index (χ1v) is 9.16. The van der Waals surface area contributed by atoms with Gasteiger partial charge in [0.1, 0.15) is 11.7 Å². The van der Waals surface area contributed by atoms with Gasteiger partial charge in [-0.05, 0) is 32.4 Å². The average molecular weight is 385 g/mol. The summed E-state index contributed by atoms with van der Waals surface area (Å²) >= 11 is 6.09. The lowest BCUT2D eigenvalue weighted by Crippen LogP contribution is -2.50. The maximum atomic E-state index is 12.2. The fourth-order valence-corrected chi connectivity index (χ4v) is 2.95. The molecule has 0 aromatic carbocycles. The van der Waals surface area contributed by atoms with E-state index in [1.807, 2.05) is 25.7 Å². The molecule has 1 amide bonds. The number of anilines is 1. The van der Waals surface area contributed by atoms with Crippen LogP contribution in [0.25, 0.3) is 0 Å². The Kier molecular flexibility index (Phi) is 5.79. The minimum absolute atomic E-state index is 0.147. The van der Waals surface area contributed by atoms with E-state index in [9.17, 15) is 4.79 Å². The van der Waals surface area contributed by atoms with Gasteiger partial charge in [0.15, 0.2) is 5.82 Å². The number of amides is 1. The summed E-state index contributed by atoms with van der Waals surface area (Å²) in [5.74, 6) is 1.04. The van der Waals surface area contributed by atoms with E-state index in [1.165, 1.54) is 0 Å². The molecule has 9 nitrogen and oxygen atoms in total. The number of ether oxygens (including phenoxy) is 2. The average Bonchev–Trinajstić information content (AvgIpc) is 2.61. The molecule has 0 spiro atoms. The van der Waals surface area contributed by atoms with Crippen LogP contribution >= 0.6 is 11.6 Å². The van der Waals surface area contributed by atoms with Crippen molar-refractivity contribution in [1.82, 2.24) is 25.2 Å². The van der Waals surface area contributed by atoms with Gasteiger partial charge in [0.25, 0.3) is 0 Å². The highest BCUT2D eigenvalue weighted by Crippen LogP contribution is 2.20. The highest BCUT2D eigenvalue weighted by molar-refractivity contribution is 6.28. The zero-order chi connectivity index (χ0) is 18.7. The number of aromatic nitrogens is 3. The second-order valence-corrected chi connectivity index (χ2v) is 7.62. The Bertz CT molecular complexity index is 639. The lowest BCUT2D eigenvalue weighted by molar-refractivity contribution is 0.0219. The molecule has 144 valence electrons. The van der Waals surface area contributed by atoms with Crippen molar-refractivity contribution in [3.63, 3.8) is 0 Å². The molecule has 1 unspecified atom stereocenters. The van der Waals surface area contributed by atoms with Gasteiger partial charge in [0.05, 0.1) is 6.61 Å². The molecular formula is C16H25ClN6O3. The maximum absolute atomic E-state index is 12.2. The van der Waals surface area contributed by atoms with Gasteiger partial charge in [-0.25, -0.2) is 4.79 Å². The van der Waals surface area contributed by atoms with Crippen molar-refractivity contribution >= 4 is 23.6 Å². The van der Waals surface area contributed by atoms with Crippen LogP contribution in [0.4, 0.5) is 10.7 Å². The third-order valence-electron chi connectivity index (χ3n) is 4.04. The van der Waals surface area contributed by atoms with E-state index >= 15 is 0 Å². The SMILES string of the molecule is CC(C)(C)OC(=O)N1CCN(c2nc(Cl)nc(C3CNCCO3)n2)CC1. The Morgan fingerprint density at radius 2 is 1.96 bits per heavy atom. The molecule has 1 aromatic rings. The van der Waals surface area contributed by atoms with E-state index in [-0.39, 0.29) is 17.5 Å². The number of morpholine rings is 1. The molecule has 2 saturated heterocycles. The number of rotatable bonds is 2. The van der Waals surface area contributed by atoms with Gasteiger partial charge in [-0.3, -0.25) is 0 Å². The Balaban J connectivity index is 1.64. The molecular weight excluding hydrogens is 360 g/mol. The summed E-state index contributed by atoms with van der Waals surface area (Å²) in [7, 11) is 0. The van der Waals surface area contributed by atoms with Crippen molar-refractivity contribution < 1.29 is 14.3 Å². The smallest absolute Gasteiger partial charge is 0.410 e. The summed E-state index contributed by atoms with van der Waals surface area (Å²) in [5, 5.41) is 3.40. The third kappa shape index (κ3) is 4.93. The number of hydrogen-bond donors (Lipinski definition) is 1. The van der Waals surface area contributed by atoms with Gasteiger partial charge in [0.2, 0.25) is 11.2 Å². The molecule has 2 fully saturated rings. The van der Waals surface area contributed by atoms with E-state index in [4.69, 9.17) is 21.1 Å². The summed E-state index contributed by atoms with van der Waals surface area (Å²) in [4.78, 5) is 28.8. The van der Waals surface area contributed by atoms with Crippen LogP contribution in [-0.4, -0.2) is 77.4 Å². The van der Waals surface area contributed by atoms with Crippen LogP contribution in [0.1, 0.15) is 32.7 Å². The van der Waals surface area contributed by atoms with E-state index in [1.54, 1.807) is 4.90 Å². The number of halogens is 1. The van der Waals surface area contributed by atoms with Crippen LogP contribution < -0.4 is 10.2 Å². The molecule has 0 radical (unpaired) electrons. The molecule has 0 aliphatic carbocycles. The summed E-state index contributed by atoms with van der Waals surface area (Å²) < 4.78 is 11.1. The Hall–Kier alpha value is -1.71. The molecule has 0 bridgehead atoms. The first-order chi connectivity index (χ1) is 12.3. The number of nitrogens with zero attached hydrogens (tertiary/aromatic N) is 5. The molecule has 0 saturated carbocycles. The first-order valence-electron chi connectivity index (χ1n) is 8.78. The van der Waals surface area contributed by atoms with Crippen LogP contribution in [0.2, 0.25) is 5.28 Å². The Labute approximate surface area is 158 Å². The maximum Gasteiger partial charge on any atom is 0.410 e. The van der Waals surface area contributed by atoms with Crippen molar-refractivity contribution in [2.24, 2.45) is 0 Å². The van der Waals surface area contributed by atoms with Crippen molar-refractivity contribution in [2.45, 2.75) is 32.5 Å². The van der Waals surface area contributed by atoms with Gasteiger partial charge in [-0.15, -0.1) is 0 Å². The van der Waals surface area contributed by atoms with E-state index in [2.05, 4.69) is 20.3 Å². The topological polar surface area (TPSA) is 92.7 Å². The number of piperazine rings is 1. The highest BCUT2D eigenvalue weighted by atomic mass is 35.5. The lowest BCUT2D eigenvalue weighted by Gasteiger charge is -2.35. The molecule has 2 aliphatic rings. The van der Waals surface area contributed by atoms with E-state index in [0.29, 0.717) is 51.1 Å². The predicted molar refractivity (Wildman–Crippen MR) is 96.4 cm³/mol. The summed E-state index contributed by atoms with van der Waals surface area (Å²) in [6.07, 6.45) is -0.528. The fraction of sp³-hybridized carbons (Fsp3) is 0.750. The van der Waals surface area contributed by atoms with Crippen LogP contribution in [-0.2, 0) is 9.47 Å².